The number of nitrogens with zero attached hydrogens (tertiary/aromatic N) is 1. The van der Waals surface area contributed by atoms with Crippen LogP contribution in [0.15, 0.2) is 29.2 Å². The zero-order valence-electron chi connectivity index (χ0n) is 13.9. The Morgan fingerprint density at radius 3 is 2.62 bits per heavy atom. The summed E-state index contributed by atoms with van der Waals surface area (Å²) in [5.74, 6) is 0.731. The molecule has 0 spiro atoms. The molecule has 2 aliphatic rings. The summed E-state index contributed by atoms with van der Waals surface area (Å²) in [4.78, 5) is 14.8. The Morgan fingerprint density at radius 2 is 1.92 bits per heavy atom. The number of nitrogens with one attached hydrogen (secondary N) is 1. The number of amides is 1. The van der Waals surface area contributed by atoms with E-state index in [4.69, 9.17) is 4.74 Å². The Labute approximate surface area is 143 Å². The molecule has 2 unspecified atom stereocenters. The van der Waals surface area contributed by atoms with Crippen LogP contribution in [0, 0.1) is 0 Å². The standard InChI is InChI=1S/C17H24N2O4S/c1-24(21,22)16-6-4-15(5-7-16)23-11-9-17(20)19-13-2-3-14(19)12-18-10-8-13/h4-7,13-14,18H,2-3,8-12H2,1H3. The molecule has 0 aliphatic carbocycles. The smallest absolute Gasteiger partial charge is 0.226 e. The molecule has 1 amide bonds. The lowest BCUT2D eigenvalue weighted by Gasteiger charge is -2.28. The van der Waals surface area contributed by atoms with Crippen LogP contribution >= 0.6 is 0 Å². The molecule has 0 radical (unpaired) electrons. The molecule has 6 nitrogen and oxygen atoms in total. The summed E-state index contributed by atoms with van der Waals surface area (Å²) in [6.07, 6.45) is 4.73. The van der Waals surface area contributed by atoms with E-state index in [0.717, 1.165) is 32.4 Å². The minimum atomic E-state index is -3.20. The van der Waals surface area contributed by atoms with Gasteiger partial charge >= 0.3 is 0 Å². The summed E-state index contributed by atoms with van der Waals surface area (Å²) >= 11 is 0. The SMILES string of the molecule is CS(=O)(=O)c1ccc(OCCC(=O)N2C3CCNCC2CC3)cc1. The van der Waals surface area contributed by atoms with Crippen LogP contribution in [0.1, 0.15) is 25.7 Å². The number of carbonyl (C=O) groups excluding carboxylic acids is 1. The number of fused-ring (bicyclic) bond motifs is 2. The van der Waals surface area contributed by atoms with Crippen LogP contribution in [0.2, 0.25) is 0 Å². The van der Waals surface area contributed by atoms with Gasteiger partial charge in [0.25, 0.3) is 0 Å². The van der Waals surface area contributed by atoms with Crippen molar-refractivity contribution in [2.24, 2.45) is 0 Å². The molecule has 2 aliphatic heterocycles. The summed E-state index contributed by atoms with van der Waals surface area (Å²) in [5, 5.41) is 3.39. The monoisotopic (exact) mass is 352 g/mol. The molecule has 0 aromatic heterocycles. The third kappa shape index (κ3) is 3.89. The van der Waals surface area contributed by atoms with Gasteiger partial charge in [0.05, 0.1) is 17.9 Å². The fourth-order valence-electron chi connectivity index (χ4n) is 3.56. The molecule has 2 atom stereocenters. The number of ether oxygens (including phenoxy) is 1. The van der Waals surface area contributed by atoms with Gasteiger partial charge in [-0.1, -0.05) is 0 Å². The topological polar surface area (TPSA) is 75.7 Å². The lowest BCUT2D eigenvalue weighted by molar-refractivity contribution is -0.134. The van der Waals surface area contributed by atoms with Crippen molar-refractivity contribution in [3.63, 3.8) is 0 Å². The molecule has 2 bridgehead atoms. The van der Waals surface area contributed by atoms with Gasteiger partial charge in [-0.3, -0.25) is 4.79 Å². The molecule has 2 fully saturated rings. The van der Waals surface area contributed by atoms with Gasteiger partial charge in [-0.2, -0.15) is 0 Å². The Balaban J connectivity index is 1.52. The molecule has 132 valence electrons. The lowest BCUT2D eigenvalue weighted by Crippen LogP contribution is -2.42. The highest BCUT2D eigenvalue weighted by Gasteiger charge is 2.37. The molecular weight excluding hydrogens is 328 g/mol. The van der Waals surface area contributed by atoms with Crippen LogP contribution in [0.3, 0.4) is 0 Å². The average Bonchev–Trinajstić information content (AvgIpc) is 2.80. The van der Waals surface area contributed by atoms with Crippen molar-refractivity contribution < 1.29 is 17.9 Å². The predicted molar refractivity (Wildman–Crippen MR) is 90.8 cm³/mol. The first-order valence-electron chi connectivity index (χ1n) is 8.40. The van der Waals surface area contributed by atoms with Crippen molar-refractivity contribution >= 4 is 15.7 Å². The largest absolute Gasteiger partial charge is 0.493 e. The second kappa shape index (κ2) is 7.11. The van der Waals surface area contributed by atoms with Crippen molar-refractivity contribution in [2.75, 3.05) is 26.0 Å². The summed E-state index contributed by atoms with van der Waals surface area (Å²) in [5.41, 5.74) is 0. The average molecular weight is 352 g/mol. The predicted octanol–water partition coefficient (Wildman–Crippen LogP) is 1.21. The summed E-state index contributed by atoms with van der Waals surface area (Å²) in [6.45, 7) is 2.17. The molecule has 1 N–H and O–H groups in total. The Hall–Kier alpha value is -1.60. The normalized spacial score (nSPS) is 23.8. The van der Waals surface area contributed by atoms with Gasteiger partial charge in [0, 0.05) is 24.9 Å². The van der Waals surface area contributed by atoms with Gasteiger partial charge in [-0.05, 0) is 50.1 Å². The van der Waals surface area contributed by atoms with E-state index in [2.05, 4.69) is 10.2 Å². The van der Waals surface area contributed by atoms with E-state index >= 15 is 0 Å². The molecule has 1 aromatic carbocycles. The Morgan fingerprint density at radius 1 is 1.21 bits per heavy atom. The third-order valence-electron chi connectivity index (χ3n) is 4.78. The second-order valence-electron chi connectivity index (χ2n) is 6.52. The minimum Gasteiger partial charge on any atom is -0.493 e. The molecule has 0 saturated carbocycles. The molecule has 2 heterocycles. The summed E-state index contributed by atoms with van der Waals surface area (Å²) in [7, 11) is -3.20. The van der Waals surface area contributed by atoms with E-state index in [1.807, 2.05) is 0 Å². The highest BCUT2D eigenvalue weighted by molar-refractivity contribution is 7.90. The lowest BCUT2D eigenvalue weighted by atomic mass is 10.1. The van der Waals surface area contributed by atoms with Crippen LogP contribution in [-0.4, -0.2) is 57.3 Å². The number of rotatable bonds is 5. The van der Waals surface area contributed by atoms with Gasteiger partial charge in [-0.25, -0.2) is 8.42 Å². The van der Waals surface area contributed by atoms with Crippen molar-refractivity contribution in [2.45, 2.75) is 42.7 Å². The maximum atomic E-state index is 12.5. The molecule has 2 saturated heterocycles. The highest BCUT2D eigenvalue weighted by Crippen LogP contribution is 2.28. The van der Waals surface area contributed by atoms with Crippen molar-refractivity contribution in [1.29, 1.82) is 0 Å². The van der Waals surface area contributed by atoms with Crippen molar-refractivity contribution in [3.8, 4) is 5.75 Å². The molecular formula is C17H24N2O4S. The summed E-state index contributed by atoms with van der Waals surface area (Å²) < 4.78 is 28.4. The minimum absolute atomic E-state index is 0.152. The van der Waals surface area contributed by atoms with Gasteiger partial charge < -0.3 is 15.0 Å². The van der Waals surface area contributed by atoms with E-state index in [1.165, 1.54) is 18.4 Å². The van der Waals surface area contributed by atoms with Crippen molar-refractivity contribution in [1.82, 2.24) is 10.2 Å². The highest BCUT2D eigenvalue weighted by atomic mass is 32.2. The van der Waals surface area contributed by atoms with E-state index in [1.54, 1.807) is 12.1 Å². The van der Waals surface area contributed by atoms with Gasteiger partial charge in [0.15, 0.2) is 9.84 Å². The fourth-order valence-corrected chi connectivity index (χ4v) is 4.19. The first-order chi connectivity index (χ1) is 11.4. The van der Waals surface area contributed by atoms with E-state index in [-0.39, 0.29) is 10.8 Å². The number of benzene rings is 1. The van der Waals surface area contributed by atoms with Gasteiger partial charge in [-0.15, -0.1) is 0 Å². The fraction of sp³-hybridized carbons (Fsp3) is 0.588. The first kappa shape index (κ1) is 17.2. The Kier molecular flexibility index (Phi) is 5.10. The maximum absolute atomic E-state index is 12.5. The first-order valence-corrected chi connectivity index (χ1v) is 10.3. The van der Waals surface area contributed by atoms with Crippen LogP contribution in [-0.2, 0) is 14.6 Å². The van der Waals surface area contributed by atoms with E-state index in [0.29, 0.717) is 30.9 Å². The van der Waals surface area contributed by atoms with Gasteiger partial charge in [0.2, 0.25) is 5.91 Å². The number of hydrogen-bond donors (Lipinski definition) is 1. The number of hydrogen-bond acceptors (Lipinski definition) is 5. The molecule has 24 heavy (non-hydrogen) atoms. The maximum Gasteiger partial charge on any atom is 0.226 e. The molecule has 7 heteroatoms. The van der Waals surface area contributed by atoms with Crippen LogP contribution in [0.5, 0.6) is 5.75 Å². The number of carbonyl (C=O) groups is 1. The Bertz CT molecular complexity index is 673. The van der Waals surface area contributed by atoms with Crippen LogP contribution in [0.25, 0.3) is 0 Å². The quantitative estimate of drug-likeness (QED) is 0.862. The molecule has 1 aromatic rings. The second-order valence-corrected chi connectivity index (χ2v) is 8.54. The zero-order valence-corrected chi connectivity index (χ0v) is 14.7. The van der Waals surface area contributed by atoms with Crippen molar-refractivity contribution in [3.05, 3.63) is 24.3 Å². The zero-order chi connectivity index (χ0) is 17.2. The van der Waals surface area contributed by atoms with Crippen LogP contribution in [0.4, 0.5) is 0 Å². The van der Waals surface area contributed by atoms with E-state index in [9.17, 15) is 13.2 Å². The van der Waals surface area contributed by atoms with Gasteiger partial charge in [0.1, 0.15) is 5.75 Å². The molecule has 3 rings (SSSR count). The third-order valence-corrected chi connectivity index (χ3v) is 5.91. The van der Waals surface area contributed by atoms with E-state index < -0.39 is 9.84 Å². The van der Waals surface area contributed by atoms with Crippen LogP contribution < -0.4 is 10.1 Å². The summed E-state index contributed by atoms with van der Waals surface area (Å²) in [6, 6.07) is 6.98. The number of sulfone groups is 1.